The third kappa shape index (κ3) is 4.06. The Kier molecular flexibility index (Phi) is 6.07. The van der Waals surface area contributed by atoms with Gasteiger partial charge in [-0.1, -0.05) is 0 Å². The van der Waals surface area contributed by atoms with Gasteiger partial charge in [0.1, 0.15) is 18.0 Å². The smallest absolute Gasteiger partial charge is 0.330 e. The van der Waals surface area contributed by atoms with Crippen molar-refractivity contribution in [3.63, 3.8) is 0 Å². The van der Waals surface area contributed by atoms with Crippen LogP contribution in [0.4, 0.5) is 8.78 Å². The fraction of sp³-hybridized carbons (Fsp3) is 0.643. The van der Waals surface area contributed by atoms with E-state index in [1.54, 1.807) is 22.6 Å². The summed E-state index contributed by atoms with van der Waals surface area (Å²) in [6.07, 6.45) is -7.19. The summed E-state index contributed by atoms with van der Waals surface area (Å²) in [5.74, 6) is -5.41. The van der Waals surface area contributed by atoms with Gasteiger partial charge in [0.15, 0.2) is 6.10 Å². The summed E-state index contributed by atoms with van der Waals surface area (Å²) in [5.41, 5.74) is 5.55. The number of hydrogen-bond donors (Lipinski definition) is 2. The average molecular weight is 489 g/mol. The zero-order chi connectivity index (χ0) is 19.8. The molecular weight excluding hydrogens is 471 g/mol. The van der Waals surface area contributed by atoms with Crippen molar-refractivity contribution in [3.8, 4) is 0 Å². The average Bonchev–Trinajstić information content (AvgIpc) is 2.74. The summed E-state index contributed by atoms with van der Waals surface area (Å²) in [6.45, 7) is 3.42. The lowest BCUT2D eigenvalue weighted by atomic mass is 10.0. The van der Waals surface area contributed by atoms with E-state index < -0.39 is 48.8 Å². The third-order valence-electron chi connectivity index (χ3n) is 3.70. The second-order valence-corrected chi connectivity index (χ2v) is 6.92. The second kappa shape index (κ2) is 7.60. The van der Waals surface area contributed by atoms with Gasteiger partial charge in [-0.15, -0.1) is 0 Å². The van der Waals surface area contributed by atoms with Crippen LogP contribution >= 0.6 is 22.6 Å². The van der Waals surface area contributed by atoms with Gasteiger partial charge in [0, 0.05) is 20.0 Å². The number of aliphatic hydroxyl groups excluding tert-OH is 1. The first kappa shape index (κ1) is 20.8. The Hall–Kier alpha value is -1.54. The quantitative estimate of drug-likeness (QED) is 0.432. The number of nitrogens with two attached hydrogens (primary N) is 1. The number of ether oxygens (including phenoxy) is 3. The van der Waals surface area contributed by atoms with Crippen molar-refractivity contribution >= 4 is 40.4 Å². The Morgan fingerprint density at radius 1 is 1.46 bits per heavy atom. The van der Waals surface area contributed by atoms with E-state index in [0.29, 0.717) is 3.58 Å². The van der Waals surface area contributed by atoms with Crippen LogP contribution in [0, 0.1) is 0 Å². The lowest BCUT2D eigenvalue weighted by Crippen LogP contribution is -2.53. The van der Waals surface area contributed by atoms with Crippen LogP contribution in [0.3, 0.4) is 0 Å². The van der Waals surface area contributed by atoms with Crippen molar-refractivity contribution in [3.05, 3.63) is 9.78 Å². The Balaban J connectivity index is 2.36. The van der Waals surface area contributed by atoms with Crippen molar-refractivity contribution in [2.24, 2.45) is 10.7 Å². The molecule has 2 aliphatic rings. The number of aliphatic hydroxyl groups is 1. The Morgan fingerprint density at radius 2 is 2.08 bits per heavy atom. The summed E-state index contributed by atoms with van der Waals surface area (Å²) in [6, 6.07) is 0. The molecule has 0 bridgehead atoms. The molecule has 0 saturated carbocycles. The molecule has 5 atom stereocenters. The number of esters is 2. The maximum atomic E-state index is 15.0. The molecule has 2 rings (SSSR count). The molecule has 2 aliphatic heterocycles. The number of hydrogen-bond acceptors (Lipinski definition) is 9. The minimum Gasteiger partial charge on any atom is -0.460 e. The molecule has 0 aromatic rings. The van der Waals surface area contributed by atoms with Gasteiger partial charge in [-0.2, -0.15) is 8.78 Å². The van der Waals surface area contributed by atoms with E-state index in [9.17, 15) is 23.5 Å². The van der Waals surface area contributed by atoms with Crippen LogP contribution in [0.5, 0.6) is 0 Å². The minimum absolute atomic E-state index is 0.0166. The van der Waals surface area contributed by atoms with Crippen molar-refractivity contribution in [2.75, 3.05) is 0 Å². The van der Waals surface area contributed by atoms with Crippen LogP contribution in [-0.4, -0.2) is 64.6 Å². The lowest BCUT2D eigenvalue weighted by Gasteiger charge is -2.35. The maximum absolute atomic E-state index is 15.0. The minimum atomic E-state index is -3.74. The fourth-order valence-corrected chi connectivity index (χ4v) is 3.12. The Labute approximate surface area is 161 Å². The van der Waals surface area contributed by atoms with Crippen LogP contribution in [0.2, 0.25) is 0 Å². The largest absolute Gasteiger partial charge is 0.460 e. The molecule has 146 valence electrons. The highest BCUT2D eigenvalue weighted by atomic mass is 127. The van der Waals surface area contributed by atoms with Gasteiger partial charge in [-0.3, -0.25) is 9.59 Å². The molecule has 0 spiro atoms. The molecular formula is C14H18F2IN3O6. The van der Waals surface area contributed by atoms with Gasteiger partial charge < -0.3 is 30.0 Å². The molecule has 0 aromatic carbocycles. The number of carbonyl (C=O) groups is 2. The predicted molar refractivity (Wildman–Crippen MR) is 92.0 cm³/mol. The first-order valence-corrected chi connectivity index (χ1v) is 8.57. The summed E-state index contributed by atoms with van der Waals surface area (Å²) in [7, 11) is 0. The van der Waals surface area contributed by atoms with Gasteiger partial charge in [0.25, 0.3) is 0 Å². The first-order chi connectivity index (χ1) is 11.9. The number of aliphatic imine (C=N–C) groups is 1. The Bertz CT molecular complexity index is 659. The fourth-order valence-electron chi connectivity index (χ4n) is 2.65. The van der Waals surface area contributed by atoms with Crippen molar-refractivity contribution in [2.45, 2.75) is 57.6 Å². The van der Waals surface area contributed by atoms with E-state index in [1.807, 2.05) is 0 Å². The van der Waals surface area contributed by atoms with E-state index in [4.69, 9.17) is 19.9 Å². The number of alkyl halides is 2. The molecule has 3 N–H and O–H groups in total. The molecule has 0 amide bonds. The highest BCUT2D eigenvalue weighted by molar-refractivity contribution is 14.1. The van der Waals surface area contributed by atoms with E-state index >= 15 is 0 Å². The van der Waals surface area contributed by atoms with Crippen LogP contribution in [0.1, 0.15) is 20.8 Å². The zero-order valence-electron chi connectivity index (χ0n) is 14.1. The topological polar surface area (TPSA) is 124 Å². The number of halogens is 3. The summed E-state index contributed by atoms with van der Waals surface area (Å²) in [4.78, 5) is 26.8. The highest BCUT2D eigenvalue weighted by Crippen LogP contribution is 2.43. The normalized spacial score (nSPS) is 31.7. The summed E-state index contributed by atoms with van der Waals surface area (Å²) in [5, 5.41) is 9.99. The number of nitrogens with zero attached hydrogens (tertiary/aromatic N) is 2. The number of rotatable bonds is 4. The van der Waals surface area contributed by atoms with Gasteiger partial charge in [-0.25, -0.2) is 4.99 Å². The van der Waals surface area contributed by atoms with E-state index in [-0.39, 0.29) is 5.84 Å². The van der Waals surface area contributed by atoms with Crippen LogP contribution in [0.15, 0.2) is 14.8 Å². The van der Waals surface area contributed by atoms with Gasteiger partial charge in [0.05, 0.1) is 3.58 Å². The SMILES string of the molecule is CC(=O)O[C@@H](C)[C@H]1O[C@@H](N2C=C(I)C(N)=NC2O)C(F)(F)[C@@H]1OC(C)=O. The molecule has 0 radical (unpaired) electrons. The molecule has 0 aliphatic carbocycles. The van der Waals surface area contributed by atoms with Crippen molar-refractivity contribution in [1.29, 1.82) is 0 Å². The monoisotopic (exact) mass is 489 g/mol. The highest BCUT2D eigenvalue weighted by Gasteiger charge is 2.65. The molecule has 1 saturated heterocycles. The maximum Gasteiger partial charge on any atom is 0.330 e. The molecule has 0 aromatic heterocycles. The van der Waals surface area contributed by atoms with Gasteiger partial charge in [0.2, 0.25) is 12.6 Å². The van der Waals surface area contributed by atoms with E-state index in [2.05, 4.69) is 4.99 Å². The molecule has 12 heteroatoms. The predicted octanol–water partition coefficient (Wildman–Crippen LogP) is 0.455. The van der Waals surface area contributed by atoms with Crippen LogP contribution in [0.25, 0.3) is 0 Å². The first-order valence-electron chi connectivity index (χ1n) is 7.49. The standard InChI is InChI=1S/C14H18F2IN3O6/c1-5(24-6(2)21)9-10(25-7(3)22)14(15,16)12(26-9)20-4-8(17)11(18)19-13(20)23/h4-5,9-10,12-13,23H,1-3H3,(H2,18,19)/t5-,9+,10+,12+,13?/m0/s1. The van der Waals surface area contributed by atoms with Crippen LogP contribution < -0.4 is 5.73 Å². The summed E-state index contributed by atoms with van der Waals surface area (Å²) >= 11 is 1.76. The summed E-state index contributed by atoms with van der Waals surface area (Å²) < 4.78 is 45.2. The molecule has 1 unspecified atom stereocenters. The Morgan fingerprint density at radius 3 is 2.62 bits per heavy atom. The zero-order valence-corrected chi connectivity index (χ0v) is 16.2. The third-order valence-corrected chi connectivity index (χ3v) is 4.53. The lowest BCUT2D eigenvalue weighted by molar-refractivity contribution is -0.194. The number of carbonyl (C=O) groups excluding carboxylic acids is 2. The second-order valence-electron chi connectivity index (χ2n) is 5.76. The molecule has 9 nitrogen and oxygen atoms in total. The van der Waals surface area contributed by atoms with Crippen molar-refractivity contribution < 1.29 is 37.7 Å². The van der Waals surface area contributed by atoms with E-state index in [1.165, 1.54) is 6.92 Å². The molecule has 1 fully saturated rings. The number of amidine groups is 1. The van der Waals surface area contributed by atoms with Gasteiger partial charge >= 0.3 is 17.9 Å². The van der Waals surface area contributed by atoms with E-state index in [0.717, 1.165) is 24.9 Å². The van der Waals surface area contributed by atoms with Crippen LogP contribution in [-0.2, 0) is 23.8 Å². The molecule has 26 heavy (non-hydrogen) atoms. The van der Waals surface area contributed by atoms with Crippen molar-refractivity contribution in [1.82, 2.24) is 4.90 Å². The van der Waals surface area contributed by atoms with Gasteiger partial charge in [-0.05, 0) is 29.5 Å². The molecule has 2 heterocycles.